The molecule has 0 aliphatic rings. The first-order valence-corrected chi connectivity index (χ1v) is 8.85. The van der Waals surface area contributed by atoms with Gasteiger partial charge in [-0.1, -0.05) is 48.5 Å². The van der Waals surface area contributed by atoms with E-state index in [4.69, 9.17) is 9.47 Å². The topological polar surface area (TPSA) is 52.6 Å². The lowest BCUT2D eigenvalue weighted by atomic mass is 9.84. The molecule has 7 heteroatoms. The van der Waals surface area contributed by atoms with Crippen LogP contribution in [0.2, 0.25) is 0 Å². The lowest BCUT2D eigenvalue weighted by Crippen LogP contribution is -2.33. The molecule has 0 heterocycles. The van der Waals surface area contributed by atoms with Gasteiger partial charge in [-0.2, -0.15) is 13.2 Å². The molecule has 0 radical (unpaired) electrons. The van der Waals surface area contributed by atoms with Crippen LogP contribution in [0.3, 0.4) is 0 Å². The molecule has 0 spiro atoms. The molecular weight excluding hydrogens is 373 g/mol. The molecule has 150 valence electrons. The number of carbonyl (C=O) groups excluding carboxylic acids is 2. The molecule has 0 aliphatic heterocycles. The zero-order valence-corrected chi connectivity index (χ0v) is 15.5. The van der Waals surface area contributed by atoms with E-state index in [2.05, 4.69) is 0 Å². The molecule has 0 bridgehead atoms. The predicted molar refractivity (Wildman–Crippen MR) is 98.6 cm³/mol. The van der Waals surface area contributed by atoms with Gasteiger partial charge in [0, 0.05) is 12.0 Å². The van der Waals surface area contributed by atoms with E-state index in [1.165, 1.54) is 0 Å². The fourth-order valence-electron chi connectivity index (χ4n) is 2.90. The molecule has 0 amide bonds. The molecule has 28 heavy (non-hydrogen) atoms. The van der Waals surface area contributed by atoms with Crippen molar-refractivity contribution in [3.05, 3.63) is 60.2 Å². The van der Waals surface area contributed by atoms with Crippen molar-refractivity contribution in [3.63, 3.8) is 0 Å². The van der Waals surface area contributed by atoms with Crippen molar-refractivity contribution in [1.82, 2.24) is 0 Å². The highest BCUT2D eigenvalue weighted by atomic mass is 19.4. The number of hydrogen-bond acceptors (Lipinski definition) is 4. The summed E-state index contributed by atoms with van der Waals surface area (Å²) in [4.78, 5) is 24.8. The Balaban J connectivity index is 2.57. The van der Waals surface area contributed by atoms with Gasteiger partial charge < -0.3 is 9.47 Å². The van der Waals surface area contributed by atoms with Crippen LogP contribution in [0.15, 0.2) is 54.6 Å². The average molecular weight is 394 g/mol. The number of halogens is 3. The van der Waals surface area contributed by atoms with Crippen LogP contribution in [-0.4, -0.2) is 31.3 Å². The first-order chi connectivity index (χ1) is 13.3. The highest BCUT2D eigenvalue weighted by Gasteiger charge is 2.38. The lowest BCUT2D eigenvalue weighted by Gasteiger charge is -2.22. The van der Waals surface area contributed by atoms with Crippen LogP contribution in [0, 0.1) is 5.92 Å². The number of benzene rings is 2. The second-order valence-corrected chi connectivity index (χ2v) is 6.01. The van der Waals surface area contributed by atoms with Gasteiger partial charge in [-0.15, -0.1) is 0 Å². The molecule has 2 aromatic carbocycles. The van der Waals surface area contributed by atoms with Crippen LogP contribution in [0.4, 0.5) is 13.2 Å². The molecule has 0 N–H and O–H groups in total. The Kier molecular flexibility index (Phi) is 7.20. The Hall–Kier alpha value is -2.83. The van der Waals surface area contributed by atoms with Crippen LogP contribution < -0.4 is 0 Å². The summed E-state index contributed by atoms with van der Waals surface area (Å²) in [6.45, 7) is 3.08. The van der Waals surface area contributed by atoms with E-state index in [9.17, 15) is 22.8 Å². The van der Waals surface area contributed by atoms with Crippen LogP contribution in [-0.2, 0) is 19.1 Å². The number of ether oxygens (including phenoxy) is 2. The summed E-state index contributed by atoms with van der Waals surface area (Å²) >= 11 is 0. The van der Waals surface area contributed by atoms with E-state index in [0.717, 1.165) is 16.8 Å². The smallest absolute Gasteiger partial charge is 0.409 e. The minimum absolute atomic E-state index is 0.0117. The third-order valence-corrected chi connectivity index (χ3v) is 4.09. The highest BCUT2D eigenvalue weighted by Crippen LogP contribution is 2.32. The minimum Gasteiger partial charge on any atom is -0.465 e. The number of alkyl halides is 3. The second-order valence-electron chi connectivity index (χ2n) is 6.01. The van der Waals surface area contributed by atoms with Crippen molar-refractivity contribution in [3.8, 4) is 0 Å². The van der Waals surface area contributed by atoms with Crippen molar-refractivity contribution in [2.45, 2.75) is 25.9 Å². The van der Waals surface area contributed by atoms with Crippen molar-refractivity contribution >= 4 is 22.7 Å². The summed E-state index contributed by atoms with van der Waals surface area (Å²) in [5.74, 6) is -4.58. The van der Waals surface area contributed by atoms with E-state index in [0.29, 0.717) is 5.56 Å². The average Bonchev–Trinajstić information content (AvgIpc) is 2.64. The molecule has 2 rings (SSSR count). The van der Waals surface area contributed by atoms with E-state index >= 15 is 0 Å². The number of esters is 2. The molecule has 0 unspecified atom stereocenters. The number of allylic oxidation sites excluding steroid dienone is 2. The largest absolute Gasteiger partial charge is 0.465 e. The van der Waals surface area contributed by atoms with Gasteiger partial charge >= 0.3 is 18.1 Å². The number of hydrogen-bond donors (Lipinski definition) is 0. The molecule has 0 fully saturated rings. The Bertz CT molecular complexity index is 840. The molecule has 0 aromatic heterocycles. The molecule has 2 aromatic rings. The van der Waals surface area contributed by atoms with E-state index in [1.54, 1.807) is 44.2 Å². The number of fused-ring (bicyclic) bond motifs is 1. The zero-order chi connectivity index (χ0) is 20.7. The van der Waals surface area contributed by atoms with E-state index in [-0.39, 0.29) is 19.3 Å². The van der Waals surface area contributed by atoms with Crippen LogP contribution in [0.25, 0.3) is 10.8 Å². The van der Waals surface area contributed by atoms with Gasteiger partial charge in [-0.25, -0.2) is 0 Å². The summed E-state index contributed by atoms with van der Waals surface area (Å²) in [6.07, 6.45) is -3.76. The quantitative estimate of drug-likeness (QED) is 0.385. The summed E-state index contributed by atoms with van der Waals surface area (Å²) in [5, 5.41) is 1.66. The van der Waals surface area contributed by atoms with Gasteiger partial charge in [0.15, 0.2) is 5.92 Å². The lowest BCUT2D eigenvalue weighted by molar-refractivity contribution is -0.162. The summed E-state index contributed by atoms with van der Waals surface area (Å²) < 4.78 is 48.4. The first kappa shape index (κ1) is 21.5. The molecule has 0 aliphatic carbocycles. The van der Waals surface area contributed by atoms with Gasteiger partial charge in [-0.3, -0.25) is 9.59 Å². The molecule has 0 saturated heterocycles. The minimum atomic E-state index is -4.59. The molecule has 1 atom stereocenters. The van der Waals surface area contributed by atoms with Gasteiger partial charge in [0.1, 0.15) is 0 Å². The van der Waals surface area contributed by atoms with Gasteiger partial charge in [-0.05, 0) is 30.2 Å². The van der Waals surface area contributed by atoms with Crippen molar-refractivity contribution in [1.29, 1.82) is 0 Å². The third kappa shape index (κ3) is 5.58. The van der Waals surface area contributed by atoms with Gasteiger partial charge in [0.2, 0.25) is 0 Å². The fourth-order valence-corrected chi connectivity index (χ4v) is 2.90. The number of rotatable bonds is 7. The summed E-state index contributed by atoms with van der Waals surface area (Å²) in [5.41, 5.74) is 0.380. The normalized spacial score (nSPS) is 13.1. The van der Waals surface area contributed by atoms with Gasteiger partial charge in [0.25, 0.3) is 0 Å². The zero-order valence-electron chi connectivity index (χ0n) is 15.5. The van der Waals surface area contributed by atoms with Crippen LogP contribution in [0.1, 0.15) is 25.3 Å². The maximum absolute atomic E-state index is 12.8. The third-order valence-electron chi connectivity index (χ3n) is 4.09. The fraction of sp³-hybridized carbons (Fsp3) is 0.333. The molecule has 0 saturated carbocycles. The maximum Gasteiger partial charge on any atom is 0.409 e. The van der Waals surface area contributed by atoms with Crippen molar-refractivity contribution in [2.75, 3.05) is 13.2 Å². The Morgan fingerprint density at radius 1 is 0.964 bits per heavy atom. The second kappa shape index (κ2) is 9.39. The first-order valence-electron chi connectivity index (χ1n) is 8.85. The van der Waals surface area contributed by atoms with Gasteiger partial charge in [0.05, 0.1) is 13.2 Å². The van der Waals surface area contributed by atoms with Crippen molar-refractivity contribution in [2.24, 2.45) is 5.92 Å². The standard InChI is InChI=1S/C21H21F3O4/c1-3-27-19(25)18(20(26)28-4-2)17(11-12-21(22,23)24)16-10-9-14-7-5-6-8-15(14)13-16/h5-13,17-18H,3-4H2,1-2H3/b12-11+/t17-/m0/s1. The molecule has 4 nitrogen and oxygen atoms in total. The Labute approximate surface area is 160 Å². The van der Waals surface area contributed by atoms with Crippen LogP contribution in [0.5, 0.6) is 0 Å². The SMILES string of the molecule is CCOC(=O)C(C(=O)OCC)[C@@H](/C=C/C(F)(F)F)c1ccc2ccccc2c1. The monoisotopic (exact) mass is 394 g/mol. The Morgan fingerprint density at radius 3 is 2.07 bits per heavy atom. The van der Waals surface area contributed by atoms with E-state index in [1.807, 2.05) is 12.1 Å². The summed E-state index contributed by atoms with van der Waals surface area (Å²) in [6, 6.07) is 12.3. The summed E-state index contributed by atoms with van der Waals surface area (Å²) in [7, 11) is 0. The number of carbonyl (C=O) groups is 2. The van der Waals surface area contributed by atoms with Crippen LogP contribution >= 0.6 is 0 Å². The highest BCUT2D eigenvalue weighted by molar-refractivity contribution is 5.96. The Morgan fingerprint density at radius 2 is 1.54 bits per heavy atom. The van der Waals surface area contributed by atoms with Crippen molar-refractivity contribution < 1.29 is 32.2 Å². The van der Waals surface area contributed by atoms with E-state index < -0.39 is 30.0 Å². The molecular formula is C21H21F3O4. The maximum atomic E-state index is 12.8. The predicted octanol–water partition coefficient (Wildman–Crippen LogP) is 4.78.